The van der Waals surface area contributed by atoms with E-state index in [0.717, 1.165) is 10.5 Å². The first-order valence-corrected chi connectivity index (χ1v) is 4.70. The molecule has 3 nitrogen and oxygen atoms in total. The number of rotatable bonds is 3. The Balaban J connectivity index is 2.89. The van der Waals surface area contributed by atoms with Crippen LogP contribution in [0.1, 0.15) is 5.56 Å². The molecule has 0 aromatic heterocycles. The second-order valence-electron chi connectivity index (χ2n) is 2.30. The highest BCUT2D eigenvalue weighted by Gasteiger charge is 2.05. The van der Waals surface area contributed by atoms with Gasteiger partial charge in [-0.1, -0.05) is 18.2 Å². The maximum absolute atomic E-state index is 10.2. The minimum atomic E-state index is -0.310. The maximum atomic E-state index is 10.2. The van der Waals surface area contributed by atoms with Crippen LogP contribution < -0.4 is 0 Å². The van der Waals surface area contributed by atoms with Crippen LogP contribution in [-0.4, -0.2) is 11.2 Å². The molecule has 4 heteroatoms. The molecule has 0 N–H and O–H groups in total. The molecule has 0 spiro atoms. The number of hydrogen-bond donors (Lipinski definition) is 0. The van der Waals surface area contributed by atoms with Crippen LogP contribution in [0.4, 0.5) is 0 Å². The fourth-order valence-electron chi connectivity index (χ4n) is 0.973. The van der Waals surface area contributed by atoms with Gasteiger partial charge in [-0.2, -0.15) is 0 Å². The molecule has 12 heavy (non-hydrogen) atoms. The third-order valence-electron chi connectivity index (χ3n) is 1.49. The number of benzene rings is 1. The third-order valence-corrected chi connectivity index (χ3v) is 2.33. The van der Waals surface area contributed by atoms with Crippen LogP contribution in [0.15, 0.2) is 29.2 Å². The average Bonchev–Trinajstić information content (AvgIpc) is 2.04. The van der Waals surface area contributed by atoms with Crippen molar-refractivity contribution in [3.63, 3.8) is 0 Å². The molecular formula is C8H9NO2S. The lowest BCUT2D eigenvalue weighted by molar-refractivity contribution is -0.497. The Labute approximate surface area is 74.9 Å². The molecule has 64 valence electrons. The first-order chi connectivity index (χ1) is 5.74. The van der Waals surface area contributed by atoms with E-state index in [1.807, 2.05) is 24.5 Å². The fourth-order valence-corrected chi connectivity index (χ4v) is 1.58. The van der Waals surface area contributed by atoms with Crippen molar-refractivity contribution < 1.29 is 4.92 Å². The number of hydrogen-bond acceptors (Lipinski definition) is 3. The van der Waals surface area contributed by atoms with Crippen LogP contribution in [0.5, 0.6) is 0 Å². The molecule has 0 unspecified atom stereocenters. The Hall–Kier alpha value is -1.03. The lowest BCUT2D eigenvalue weighted by Gasteiger charge is -2.00. The normalized spacial score (nSPS) is 9.75. The largest absolute Gasteiger partial charge is 0.264 e. The van der Waals surface area contributed by atoms with Crippen LogP contribution >= 0.6 is 11.8 Å². The second kappa shape index (κ2) is 4.11. The van der Waals surface area contributed by atoms with Gasteiger partial charge in [0.25, 0.3) is 0 Å². The second-order valence-corrected chi connectivity index (χ2v) is 3.15. The average molecular weight is 183 g/mol. The molecule has 0 aliphatic heterocycles. The van der Waals surface area contributed by atoms with E-state index in [9.17, 15) is 10.1 Å². The van der Waals surface area contributed by atoms with E-state index < -0.39 is 0 Å². The molecule has 1 aromatic carbocycles. The quantitative estimate of drug-likeness (QED) is 0.410. The molecule has 1 aromatic rings. The van der Waals surface area contributed by atoms with Crippen molar-refractivity contribution in [2.75, 3.05) is 6.26 Å². The Morgan fingerprint density at radius 1 is 1.50 bits per heavy atom. The Morgan fingerprint density at radius 2 is 2.17 bits per heavy atom. The van der Waals surface area contributed by atoms with Crippen LogP contribution in [0.2, 0.25) is 0 Å². The highest BCUT2D eigenvalue weighted by molar-refractivity contribution is 7.98. The van der Waals surface area contributed by atoms with Gasteiger partial charge in [0.2, 0.25) is 6.54 Å². The van der Waals surface area contributed by atoms with Crippen LogP contribution in [-0.2, 0) is 6.54 Å². The van der Waals surface area contributed by atoms with E-state index in [-0.39, 0.29) is 11.5 Å². The molecule has 0 heterocycles. The first kappa shape index (κ1) is 9.06. The summed E-state index contributed by atoms with van der Waals surface area (Å²) in [6.45, 7) is -0.0863. The van der Waals surface area contributed by atoms with Crippen molar-refractivity contribution in [1.29, 1.82) is 0 Å². The molecule has 0 aliphatic rings. The smallest absolute Gasteiger partial charge is 0.230 e. The van der Waals surface area contributed by atoms with Crippen LogP contribution in [0.25, 0.3) is 0 Å². The molecule has 0 aliphatic carbocycles. The zero-order chi connectivity index (χ0) is 8.97. The number of nitro groups is 1. The van der Waals surface area contributed by atoms with Gasteiger partial charge in [0.1, 0.15) is 0 Å². The minimum Gasteiger partial charge on any atom is -0.264 e. The molecule has 0 radical (unpaired) electrons. The van der Waals surface area contributed by atoms with Gasteiger partial charge >= 0.3 is 0 Å². The molecule has 1 rings (SSSR count). The summed E-state index contributed by atoms with van der Waals surface area (Å²) in [5.74, 6) is 0. The predicted molar refractivity (Wildman–Crippen MR) is 48.9 cm³/mol. The van der Waals surface area contributed by atoms with E-state index in [1.165, 1.54) is 11.8 Å². The van der Waals surface area contributed by atoms with Crippen molar-refractivity contribution in [3.8, 4) is 0 Å². The van der Waals surface area contributed by atoms with E-state index in [4.69, 9.17) is 0 Å². The van der Waals surface area contributed by atoms with Gasteiger partial charge in [-0.25, -0.2) is 0 Å². The summed E-state index contributed by atoms with van der Waals surface area (Å²) >= 11 is 1.53. The maximum Gasteiger partial charge on any atom is 0.230 e. The lowest BCUT2D eigenvalue weighted by Crippen LogP contribution is -1.99. The van der Waals surface area contributed by atoms with Crippen molar-refractivity contribution >= 4 is 11.8 Å². The minimum absolute atomic E-state index is 0.0863. The van der Waals surface area contributed by atoms with E-state index in [0.29, 0.717) is 0 Å². The van der Waals surface area contributed by atoms with Crippen molar-refractivity contribution in [3.05, 3.63) is 39.9 Å². The summed E-state index contributed by atoms with van der Waals surface area (Å²) in [6.07, 6.45) is 1.92. The van der Waals surface area contributed by atoms with Gasteiger partial charge in [-0.05, 0) is 12.3 Å². The number of nitrogens with zero attached hydrogens (tertiary/aromatic N) is 1. The lowest BCUT2D eigenvalue weighted by atomic mass is 10.2. The van der Waals surface area contributed by atoms with Crippen LogP contribution in [0, 0.1) is 10.1 Å². The standard InChI is InChI=1S/C8H9NO2S/c1-12-8-5-3-2-4-7(8)6-9(10)11/h2-5H,6H2,1H3. The molecule has 0 amide bonds. The SMILES string of the molecule is CSc1ccccc1C[N+](=O)[O-]. The molecule has 0 saturated carbocycles. The van der Waals surface area contributed by atoms with Crippen molar-refractivity contribution in [2.45, 2.75) is 11.4 Å². The van der Waals surface area contributed by atoms with E-state index in [2.05, 4.69) is 0 Å². The number of thioether (sulfide) groups is 1. The third kappa shape index (κ3) is 2.23. The zero-order valence-electron chi connectivity index (χ0n) is 6.69. The highest BCUT2D eigenvalue weighted by Crippen LogP contribution is 2.19. The monoisotopic (exact) mass is 183 g/mol. The Bertz CT molecular complexity index is 288. The van der Waals surface area contributed by atoms with Gasteiger partial charge in [0, 0.05) is 15.4 Å². The summed E-state index contributed by atoms with van der Waals surface area (Å²) in [6, 6.07) is 7.38. The van der Waals surface area contributed by atoms with E-state index in [1.54, 1.807) is 6.07 Å². The molecule has 0 fully saturated rings. The summed E-state index contributed by atoms with van der Waals surface area (Å²) in [7, 11) is 0. The first-order valence-electron chi connectivity index (χ1n) is 3.47. The molecule has 0 bridgehead atoms. The van der Waals surface area contributed by atoms with Crippen LogP contribution in [0.3, 0.4) is 0 Å². The van der Waals surface area contributed by atoms with E-state index >= 15 is 0 Å². The van der Waals surface area contributed by atoms with Crippen molar-refractivity contribution in [2.24, 2.45) is 0 Å². The molecule has 0 saturated heterocycles. The zero-order valence-corrected chi connectivity index (χ0v) is 7.50. The van der Waals surface area contributed by atoms with Gasteiger partial charge in [0.15, 0.2) is 0 Å². The summed E-state index contributed by atoms with van der Waals surface area (Å²) in [5, 5.41) is 10.2. The Morgan fingerprint density at radius 3 is 2.75 bits per heavy atom. The van der Waals surface area contributed by atoms with Gasteiger partial charge in [-0.15, -0.1) is 11.8 Å². The van der Waals surface area contributed by atoms with Gasteiger partial charge in [-0.3, -0.25) is 10.1 Å². The predicted octanol–water partition coefficient (Wildman–Crippen LogP) is 2.19. The topological polar surface area (TPSA) is 43.1 Å². The molecular weight excluding hydrogens is 174 g/mol. The molecule has 0 atom stereocenters. The van der Waals surface area contributed by atoms with Gasteiger partial charge < -0.3 is 0 Å². The highest BCUT2D eigenvalue weighted by atomic mass is 32.2. The summed E-state index contributed by atoms with van der Waals surface area (Å²) < 4.78 is 0. The van der Waals surface area contributed by atoms with Crippen molar-refractivity contribution in [1.82, 2.24) is 0 Å². The summed E-state index contributed by atoms with van der Waals surface area (Å²) in [4.78, 5) is 10.9. The summed E-state index contributed by atoms with van der Waals surface area (Å²) in [5.41, 5.74) is 0.787. The fraction of sp³-hybridized carbons (Fsp3) is 0.250. The Kier molecular flexibility index (Phi) is 3.10. The van der Waals surface area contributed by atoms with Gasteiger partial charge in [0.05, 0.1) is 0 Å².